The maximum Gasteiger partial charge on any atom is 0.337 e. The van der Waals surface area contributed by atoms with Gasteiger partial charge < -0.3 is 4.74 Å². The lowest BCUT2D eigenvalue weighted by Crippen LogP contribution is -2.00. The monoisotopic (exact) mass is 312 g/mol. The van der Waals surface area contributed by atoms with E-state index in [9.17, 15) is 4.79 Å². The van der Waals surface area contributed by atoms with Crippen LogP contribution in [0.25, 0.3) is 0 Å². The van der Waals surface area contributed by atoms with Crippen molar-refractivity contribution in [2.75, 3.05) is 7.11 Å². The molecule has 0 N–H and O–H groups in total. The number of ether oxygens (including phenoxy) is 1. The van der Waals surface area contributed by atoms with Crippen LogP contribution < -0.4 is 0 Å². The van der Waals surface area contributed by atoms with Crippen molar-refractivity contribution in [1.29, 1.82) is 0 Å². The van der Waals surface area contributed by atoms with E-state index in [0.717, 1.165) is 9.79 Å². The smallest absolute Gasteiger partial charge is 0.337 e. The molecule has 19 heavy (non-hydrogen) atoms. The molecule has 0 amide bonds. The van der Waals surface area contributed by atoms with Gasteiger partial charge in [0.25, 0.3) is 0 Å². The number of carbonyl (C=O) groups excluding carboxylic acids is 1. The van der Waals surface area contributed by atoms with Crippen LogP contribution in [0.5, 0.6) is 0 Å². The van der Waals surface area contributed by atoms with Gasteiger partial charge in [-0.3, -0.25) is 0 Å². The number of esters is 1. The van der Waals surface area contributed by atoms with E-state index >= 15 is 0 Å². The van der Waals surface area contributed by atoms with E-state index in [1.807, 2.05) is 24.3 Å². The lowest BCUT2D eigenvalue weighted by Gasteiger charge is -2.04. The third kappa shape index (κ3) is 3.66. The molecule has 5 heteroatoms. The average Bonchev–Trinajstić information content (AvgIpc) is 2.43. The molecule has 0 aliphatic rings. The van der Waals surface area contributed by atoms with Gasteiger partial charge in [0.05, 0.1) is 22.7 Å². The number of halogens is 2. The number of hydrogen-bond acceptors (Lipinski definition) is 3. The first kappa shape index (κ1) is 14.3. The minimum atomic E-state index is -0.342. The van der Waals surface area contributed by atoms with Gasteiger partial charge in [0.2, 0.25) is 0 Å². The summed E-state index contributed by atoms with van der Waals surface area (Å²) in [5.41, 5.74) is 0.529. The van der Waals surface area contributed by atoms with E-state index in [0.29, 0.717) is 15.6 Å². The number of carbonyl (C=O) groups is 1. The maximum absolute atomic E-state index is 11.3. The molecular weight excluding hydrogens is 303 g/mol. The second-order valence-corrected chi connectivity index (χ2v) is 5.66. The fraction of sp³-hybridized carbons (Fsp3) is 0.0714. The molecule has 98 valence electrons. The lowest BCUT2D eigenvalue weighted by molar-refractivity contribution is 0.0600. The van der Waals surface area contributed by atoms with Crippen LogP contribution >= 0.6 is 35.0 Å². The quantitative estimate of drug-likeness (QED) is 0.751. The highest BCUT2D eigenvalue weighted by Crippen LogP contribution is 2.32. The van der Waals surface area contributed by atoms with E-state index in [2.05, 4.69) is 4.74 Å². The Labute approximate surface area is 125 Å². The van der Waals surface area contributed by atoms with Gasteiger partial charge in [-0.1, -0.05) is 35.0 Å². The zero-order valence-corrected chi connectivity index (χ0v) is 12.4. The lowest BCUT2D eigenvalue weighted by atomic mass is 10.2. The number of hydrogen-bond donors (Lipinski definition) is 0. The number of rotatable bonds is 3. The van der Waals surface area contributed by atoms with Gasteiger partial charge in [0, 0.05) is 9.79 Å². The van der Waals surface area contributed by atoms with E-state index < -0.39 is 0 Å². The molecule has 2 rings (SSSR count). The van der Waals surface area contributed by atoms with Crippen molar-refractivity contribution in [3.05, 3.63) is 58.1 Å². The molecule has 0 saturated carbocycles. The normalized spacial score (nSPS) is 10.3. The molecule has 0 aliphatic carbocycles. The van der Waals surface area contributed by atoms with Gasteiger partial charge in [-0.15, -0.1) is 0 Å². The summed E-state index contributed by atoms with van der Waals surface area (Å²) in [4.78, 5) is 13.3. The van der Waals surface area contributed by atoms with E-state index in [1.54, 1.807) is 30.0 Å². The molecule has 0 aliphatic heterocycles. The molecule has 0 aromatic heterocycles. The van der Waals surface area contributed by atoms with E-state index in [-0.39, 0.29) is 5.97 Å². The zero-order valence-electron chi connectivity index (χ0n) is 10.0. The van der Waals surface area contributed by atoms with Crippen LogP contribution in [0, 0.1) is 0 Å². The third-order valence-electron chi connectivity index (χ3n) is 2.40. The minimum Gasteiger partial charge on any atom is -0.465 e. The van der Waals surface area contributed by atoms with Gasteiger partial charge in [-0.05, 0) is 42.5 Å². The highest BCUT2D eigenvalue weighted by molar-refractivity contribution is 7.99. The fourth-order valence-electron chi connectivity index (χ4n) is 1.45. The topological polar surface area (TPSA) is 26.3 Å². The Bertz CT molecular complexity index is 597. The standard InChI is InChI=1S/C14H10Cl2O2S/c1-18-14(17)9-2-4-10(5-3-9)19-11-6-7-12(15)13(16)8-11/h2-8H,1H3. The summed E-state index contributed by atoms with van der Waals surface area (Å²) in [7, 11) is 1.36. The number of benzene rings is 2. The molecule has 2 aromatic rings. The van der Waals surface area contributed by atoms with Crippen LogP contribution in [-0.4, -0.2) is 13.1 Å². The first-order valence-corrected chi connectivity index (χ1v) is 6.98. The van der Waals surface area contributed by atoms with Crippen molar-refractivity contribution in [2.45, 2.75) is 9.79 Å². The van der Waals surface area contributed by atoms with E-state index in [1.165, 1.54) is 7.11 Å². The van der Waals surface area contributed by atoms with Crippen LogP contribution in [0.3, 0.4) is 0 Å². The van der Waals surface area contributed by atoms with Crippen molar-refractivity contribution >= 4 is 40.9 Å². The highest BCUT2D eigenvalue weighted by Gasteiger charge is 2.06. The summed E-state index contributed by atoms with van der Waals surface area (Å²) in [5, 5.41) is 1.06. The molecule has 2 aromatic carbocycles. The Balaban J connectivity index is 2.15. The van der Waals surface area contributed by atoms with Crippen molar-refractivity contribution in [3.63, 3.8) is 0 Å². The molecule has 0 saturated heterocycles. The Hall–Kier alpha value is -1.16. The van der Waals surface area contributed by atoms with Gasteiger partial charge in [0.1, 0.15) is 0 Å². The second kappa shape index (κ2) is 6.33. The summed E-state index contributed by atoms with van der Waals surface area (Å²) >= 11 is 13.4. The van der Waals surface area contributed by atoms with Gasteiger partial charge >= 0.3 is 5.97 Å². The SMILES string of the molecule is COC(=O)c1ccc(Sc2ccc(Cl)c(Cl)c2)cc1. The Morgan fingerprint density at radius 3 is 2.21 bits per heavy atom. The molecule has 0 unspecified atom stereocenters. The minimum absolute atomic E-state index is 0.342. The molecule has 0 spiro atoms. The van der Waals surface area contributed by atoms with E-state index in [4.69, 9.17) is 23.2 Å². The number of methoxy groups -OCH3 is 1. The second-order valence-electron chi connectivity index (χ2n) is 3.69. The van der Waals surface area contributed by atoms with Crippen molar-refractivity contribution < 1.29 is 9.53 Å². The summed E-state index contributed by atoms with van der Waals surface area (Å²) in [6.07, 6.45) is 0. The van der Waals surface area contributed by atoms with Gasteiger partial charge in [0.15, 0.2) is 0 Å². The summed E-state index contributed by atoms with van der Waals surface area (Å²) in [5.74, 6) is -0.342. The first-order valence-electron chi connectivity index (χ1n) is 5.41. The van der Waals surface area contributed by atoms with Gasteiger partial charge in [-0.25, -0.2) is 4.79 Å². The fourth-order valence-corrected chi connectivity index (χ4v) is 2.67. The van der Waals surface area contributed by atoms with Crippen molar-refractivity contribution in [3.8, 4) is 0 Å². The van der Waals surface area contributed by atoms with Crippen LogP contribution in [0.15, 0.2) is 52.3 Å². The molecule has 0 bridgehead atoms. The zero-order chi connectivity index (χ0) is 13.8. The van der Waals surface area contributed by atoms with Crippen molar-refractivity contribution in [2.24, 2.45) is 0 Å². The molecule has 2 nitrogen and oxygen atoms in total. The Morgan fingerprint density at radius 2 is 1.63 bits per heavy atom. The molecule has 0 atom stereocenters. The summed E-state index contributed by atoms with van der Waals surface area (Å²) in [6, 6.07) is 12.6. The predicted molar refractivity (Wildman–Crippen MR) is 78.4 cm³/mol. The van der Waals surface area contributed by atoms with Crippen molar-refractivity contribution in [1.82, 2.24) is 0 Å². The molecule has 0 fully saturated rings. The Kier molecular flexibility index (Phi) is 4.75. The van der Waals surface area contributed by atoms with Crippen LogP contribution in [-0.2, 0) is 4.74 Å². The van der Waals surface area contributed by atoms with Crippen LogP contribution in [0.4, 0.5) is 0 Å². The Morgan fingerprint density at radius 1 is 1.00 bits per heavy atom. The first-order chi connectivity index (χ1) is 9.10. The molecular formula is C14H10Cl2O2S. The van der Waals surface area contributed by atoms with Gasteiger partial charge in [-0.2, -0.15) is 0 Å². The molecule has 0 radical (unpaired) electrons. The maximum atomic E-state index is 11.3. The predicted octanol–water partition coefficient (Wildman–Crippen LogP) is 4.93. The third-order valence-corrected chi connectivity index (χ3v) is 4.14. The average molecular weight is 313 g/mol. The van der Waals surface area contributed by atoms with Crippen LogP contribution in [0.1, 0.15) is 10.4 Å². The van der Waals surface area contributed by atoms with Crippen LogP contribution in [0.2, 0.25) is 10.0 Å². The largest absolute Gasteiger partial charge is 0.465 e. The highest BCUT2D eigenvalue weighted by atomic mass is 35.5. The molecule has 0 heterocycles. The summed E-state index contributed by atoms with van der Waals surface area (Å²) in [6.45, 7) is 0. The summed E-state index contributed by atoms with van der Waals surface area (Å²) < 4.78 is 4.65.